The van der Waals surface area contributed by atoms with Gasteiger partial charge in [-0.1, -0.05) is 0 Å². The van der Waals surface area contributed by atoms with Crippen molar-refractivity contribution in [3.63, 3.8) is 0 Å². The molecule has 1 amide bonds. The molecular formula is C22H18F4N4O3. The van der Waals surface area contributed by atoms with E-state index >= 15 is 0 Å². The molecule has 11 heteroatoms. The molecule has 0 aliphatic carbocycles. The van der Waals surface area contributed by atoms with Crippen LogP contribution in [0.1, 0.15) is 16.1 Å². The average Bonchev–Trinajstić information content (AvgIpc) is 2.80. The highest BCUT2D eigenvalue weighted by molar-refractivity contribution is 6.03. The molecule has 172 valence electrons. The summed E-state index contributed by atoms with van der Waals surface area (Å²) < 4.78 is 60.5. The Morgan fingerprint density at radius 3 is 2.30 bits per heavy atom. The molecule has 1 N–H and O–H groups in total. The van der Waals surface area contributed by atoms with Crippen molar-refractivity contribution in [2.45, 2.75) is 6.18 Å². The first kappa shape index (κ1) is 22.5. The average molecular weight is 462 g/mol. The zero-order valence-electron chi connectivity index (χ0n) is 17.1. The Labute approximate surface area is 185 Å². The van der Waals surface area contributed by atoms with Crippen molar-refractivity contribution in [1.29, 1.82) is 0 Å². The van der Waals surface area contributed by atoms with Gasteiger partial charge in [-0.05, 0) is 48.5 Å². The summed E-state index contributed by atoms with van der Waals surface area (Å²) in [6, 6.07) is 10.6. The number of hydrogen-bond acceptors (Lipinski definition) is 5. The fraction of sp³-hybridized carbons (Fsp3) is 0.227. The number of morpholine rings is 1. The van der Waals surface area contributed by atoms with E-state index in [-0.39, 0.29) is 11.4 Å². The maximum Gasteiger partial charge on any atom is 0.418 e. The highest BCUT2D eigenvalue weighted by Crippen LogP contribution is 2.37. The summed E-state index contributed by atoms with van der Waals surface area (Å²) in [7, 11) is 0. The molecule has 2 heterocycles. The molecule has 1 saturated heterocycles. The number of carbonyl (C=O) groups is 1. The highest BCUT2D eigenvalue weighted by atomic mass is 19.4. The number of carbonyl (C=O) groups excluding carboxylic acids is 1. The lowest BCUT2D eigenvalue weighted by Gasteiger charge is -2.29. The predicted molar refractivity (Wildman–Crippen MR) is 112 cm³/mol. The number of aromatic nitrogens is 2. The smallest absolute Gasteiger partial charge is 0.378 e. The van der Waals surface area contributed by atoms with Crippen LogP contribution in [-0.4, -0.2) is 42.0 Å². The van der Waals surface area contributed by atoms with Crippen molar-refractivity contribution >= 4 is 17.3 Å². The van der Waals surface area contributed by atoms with E-state index in [1.807, 2.05) is 0 Å². The number of anilines is 2. The van der Waals surface area contributed by atoms with Gasteiger partial charge in [-0.3, -0.25) is 9.59 Å². The molecule has 0 atom stereocenters. The van der Waals surface area contributed by atoms with Gasteiger partial charge in [0.05, 0.1) is 30.2 Å². The summed E-state index contributed by atoms with van der Waals surface area (Å²) in [5, 5.41) is 6.15. The van der Waals surface area contributed by atoms with E-state index in [0.29, 0.717) is 32.0 Å². The van der Waals surface area contributed by atoms with Gasteiger partial charge in [0.1, 0.15) is 11.5 Å². The van der Waals surface area contributed by atoms with Crippen LogP contribution in [0.3, 0.4) is 0 Å². The van der Waals surface area contributed by atoms with Crippen LogP contribution in [-0.2, 0) is 10.9 Å². The minimum Gasteiger partial charge on any atom is -0.378 e. The summed E-state index contributed by atoms with van der Waals surface area (Å²) in [4.78, 5) is 26.6. The van der Waals surface area contributed by atoms with E-state index in [1.165, 1.54) is 24.3 Å². The summed E-state index contributed by atoms with van der Waals surface area (Å²) >= 11 is 0. The first-order chi connectivity index (χ1) is 15.7. The maximum absolute atomic E-state index is 13.7. The minimum absolute atomic E-state index is 0.196. The summed E-state index contributed by atoms with van der Waals surface area (Å²) in [5.74, 6) is -1.46. The molecular weight excluding hydrogens is 444 g/mol. The van der Waals surface area contributed by atoms with Crippen molar-refractivity contribution in [2.75, 3.05) is 36.5 Å². The Hall–Kier alpha value is -3.73. The molecule has 1 aliphatic heterocycles. The van der Waals surface area contributed by atoms with Gasteiger partial charge in [-0.15, -0.1) is 0 Å². The topological polar surface area (TPSA) is 76.5 Å². The van der Waals surface area contributed by atoms with E-state index < -0.39 is 34.7 Å². The third-order valence-electron chi connectivity index (χ3n) is 5.04. The van der Waals surface area contributed by atoms with Crippen molar-refractivity contribution in [1.82, 2.24) is 9.78 Å². The number of nitrogens with zero attached hydrogens (tertiary/aromatic N) is 3. The number of rotatable bonds is 4. The third kappa shape index (κ3) is 5.03. The van der Waals surface area contributed by atoms with Crippen LogP contribution in [0.25, 0.3) is 5.69 Å². The zero-order valence-corrected chi connectivity index (χ0v) is 17.1. The molecule has 1 aromatic heterocycles. The lowest BCUT2D eigenvalue weighted by Crippen LogP contribution is -2.36. The van der Waals surface area contributed by atoms with Crippen LogP contribution < -0.4 is 15.8 Å². The molecule has 1 aliphatic rings. The van der Waals surface area contributed by atoms with Crippen molar-refractivity contribution in [3.8, 4) is 5.69 Å². The largest absolute Gasteiger partial charge is 0.418 e. The summed E-state index contributed by atoms with van der Waals surface area (Å²) in [6.07, 6.45) is -4.72. The van der Waals surface area contributed by atoms with E-state index in [0.717, 1.165) is 35.0 Å². The number of alkyl halides is 3. The quantitative estimate of drug-likeness (QED) is 0.601. The van der Waals surface area contributed by atoms with E-state index in [2.05, 4.69) is 10.4 Å². The minimum atomic E-state index is -4.72. The van der Waals surface area contributed by atoms with E-state index in [9.17, 15) is 27.2 Å². The fourth-order valence-electron chi connectivity index (χ4n) is 3.38. The van der Waals surface area contributed by atoms with Crippen LogP contribution >= 0.6 is 0 Å². The Balaban J connectivity index is 1.63. The number of amides is 1. The maximum atomic E-state index is 13.7. The fourth-order valence-corrected chi connectivity index (χ4v) is 3.38. The third-order valence-corrected chi connectivity index (χ3v) is 5.04. The standard InChI is InChI=1S/C22H18F4N4O3/c23-14-1-3-15(4-2-14)30-20(31)8-7-19(28-30)21(32)27-18-6-5-16(13-17(18)22(24,25)26)29-9-11-33-12-10-29/h1-8,13H,9-12H2,(H,27,32). The van der Waals surface area contributed by atoms with Crippen LogP contribution in [0, 0.1) is 5.82 Å². The summed E-state index contributed by atoms with van der Waals surface area (Å²) in [5.41, 5.74) is -1.76. The molecule has 0 radical (unpaired) electrons. The molecule has 0 unspecified atom stereocenters. The van der Waals surface area contributed by atoms with Crippen LogP contribution in [0.15, 0.2) is 59.4 Å². The van der Waals surface area contributed by atoms with Crippen LogP contribution in [0.4, 0.5) is 28.9 Å². The van der Waals surface area contributed by atoms with Gasteiger partial charge in [-0.2, -0.15) is 23.0 Å². The molecule has 4 rings (SSSR count). The van der Waals surface area contributed by atoms with Gasteiger partial charge in [0.2, 0.25) is 0 Å². The molecule has 1 fully saturated rings. The van der Waals surface area contributed by atoms with Crippen LogP contribution in [0.5, 0.6) is 0 Å². The first-order valence-corrected chi connectivity index (χ1v) is 9.94. The van der Waals surface area contributed by atoms with Gasteiger partial charge < -0.3 is 15.0 Å². The number of hydrogen-bond donors (Lipinski definition) is 1. The highest BCUT2D eigenvalue weighted by Gasteiger charge is 2.35. The zero-order chi connectivity index (χ0) is 23.6. The first-order valence-electron chi connectivity index (χ1n) is 9.94. The van der Waals surface area contributed by atoms with Crippen LogP contribution in [0.2, 0.25) is 0 Å². The van der Waals surface area contributed by atoms with Crippen molar-refractivity contribution in [3.05, 3.63) is 82.0 Å². The molecule has 0 bridgehead atoms. The number of halogens is 4. The lowest BCUT2D eigenvalue weighted by molar-refractivity contribution is -0.136. The second-order valence-corrected chi connectivity index (χ2v) is 7.23. The lowest BCUT2D eigenvalue weighted by atomic mass is 10.1. The molecule has 2 aromatic carbocycles. The van der Waals surface area contributed by atoms with Gasteiger partial charge in [0.25, 0.3) is 11.5 Å². The van der Waals surface area contributed by atoms with Crippen molar-refractivity contribution < 1.29 is 27.1 Å². The second-order valence-electron chi connectivity index (χ2n) is 7.23. The molecule has 0 spiro atoms. The Morgan fingerprint density at radius 2 is 1.64 bits per heavy atom. The molecule has 0 saturated carbocycles. The Bertz CT molecular complexity index is 1220. The van der Waals surface area contributed by atoms with Gasteiger partial charge in [0.15, 0.2) is 0 Å². The molecule has 3 aromatic rings. The predicted octanol–water partition coefficient (Wildman–Crippen LogP) is 3.48. The van der Waals surface area contributed by atoms with Gasteiger partial charge in [-0.25, -0.2) is 4.39 Å². The molecule has 33 heavy (non-hydrogen) atoms. The Morgan fingerprint density at radius 1 is 0.970 bits per heavy atom. The number of nitrogens with one attached hydrogen (secondary N) is 1. The number of ether oxygens (including phenoxy) is 1. The van der Waals surface area contributed by atoms with E-state index in [1.54, 1.807) is 4.90 Å². The SMILES string of the molecule is O=C(Nc1ccc(N2CCOCC2)cc1C(F)(F)F)c1ccc(=O)n(-c2ccc(F)cc2)n1. The Kier molecular flexibility index (Phi) is 6.14. The normalized spacial score (nSPS) is 14.2. The molecule has 7 nitrogen and oxygen atoms in total. The summed E-state index contributed by atoms with van der Waals surface area (Å²) in [6.45, 7) is 1.74. The van der Waals surface area contributed by atoms with E-state index in [4.69, 9.17) is 4.74 Å². The monoisotopic (exact) mass is 462 g/mol. The van der Waals surface area contributed by atoms with Gasteiger partial charge >= 0.3 is 6.18 Å². The number of benzene rings is 2. The second kappa shape index (κ2) is 9.02. The van der Waals surface area contributed by atoms with Crippen molar-refractivity contribution in [2.24, 2.45) is 0 Å². The van der Waals surface area contributed by atoms with Gasteiger partial charge in [0, 0.05) is 24.8 Å².